The topological polar surface area (TPSA) is 47.0 Å². The summed E-state index contributed by atoms with van der Waals surface area (Å²) in [5.41, 5.74) is 1.09. The van der Waals surface area contributed by atoms with Crippen molar-refractivity contribution in [1.82, 2.24) is 4.98 Å². The van der Waals surface area contributed by atoms with Gasteiger partial charge in [-0.15, -0.1) is 0 Å². The summed E-state index contributed by atoms with van der Waals surface area (Å²) < 4.78 is 75.3. The van der Waals surface area contributed by atoms with Gasteiger partial charge >= 0.3 is 6.18 Å². The maximum atomic E-state index is 13.4. The minimum Gasteiger partial charge on any atom is -0.227 e. The minimum atomic E-state index is -4.82. The summed E-state index contributed by atoms with van der Waals surface area (Å²) in [5.74, 6) is -1.54. The molecule has 0 radical (unpaired) electrons. The van der Waals surface area contributed by atoms with Gasteiger partial charge in [-0.25, -0.2) is 13.4 Å². The van der Waals surface area contributed by atoms with Crippen LogP contribution in [0.4, 0.5) is 17.6 Å². The second-order valence-electron chi connectivity index (χ2n) is 6.17. The first-order valence-electron chi connectivity index (χ1n) is 7.83. The summed E-state index contributed by atoms with van der Waals surface area (Å²) in [7, 11) is -3.33. The van der Waals surface area contributed by atoms with Gasteiger partial charge in [0.2, 0.25) is 5.95 Å². The number of allylic oxidation sites excluding steroid dienone is 2. The van der Waals surface area contributed by atoms with E-state index in [0.29, 0.717) is 18.4 Å². The number of hydrogen-bond donors (Lipinski definition) is 0. The molecule has 0 unspecified atom stereocenters. The normalized spacial score (nSPS) is 15.6. The van der Waals surface area contributed by atoms with Crippen molar-refractivity contribution in [2.24, 2.45) is 0 Å². The number of aromatic nitrogens is 1. The summed E-state index contributed by atoms with van der Waals surface area (Å²) in [4.78, 5) is 3.44. The van der Waals surface area contributed by atoms with Gasteiger partial charge in [-0.1, -0.05) is 12.1 Å². The highest BCUT2D eigenvalue weighted by Gasteiger charge is 2.35. The molecule has 0 bridgehead atoms. The lowest BCUT2D eigenvalue weighted by Gasteiger charge is -2.12. The molecule has 0 N–H and O–H groups in total. The lowest BCUT2D eigenvalue weighted by Crippen LogP contribution is -2.10. The molecule has 0 amide bonds. The van der Waals surface area contributed by atoms with E-state index < -0.39 is 27.5 Å². The van der Waals surface area contributed by atoms with E-state index in [1.165, 1.54) is 12.1 Å². The second-order valence-corrected chi connectivity index (χ2v) is 8.18. The van der Waals surface area contributed by atoms with E-state index in [0.717, 1.165) is 36.1 Å². The summed E-state index contributed by atoms with van der Waals surface area (Å²) in [6.07, 6.45) is -0.665. The van der Waals surface area contributed by atoms with Crippen molar-refractivity contribution in [1.29, 1.82) is 0 Å². The molecule has 26 heavy (non-hydrogen) atoms. The molecule has 1 aliphatic carbocycles. The molecule has 2 aromatic rings. The van der Waals surface area contributed by atoms with E-state index in [4.69, 9.17) is 0 Å². The van der Waals surface area contributed by atoms with Crippen LogP contribution >= 0.6 is 0 Å². The Balaban J connectivity index is 2.07. The molecule has 1 aromatic carbocycles. The Kier molecular flexibility index (Phi) is 4.64. The van der Waals surface area contributed by atoms with Crippen LogP contribution in [-0.4, -0.2) is 19.7 Å². The molecule has 0 aliphatic heterocycles. The molecule has 3 rings (SSSR count). The molecule has 0 saturated carbocycles. The Bertz CT molecular complexity index is 977. The maximum absolute atomic E-state index is 13.4. The van der Waals surface area contributed by atoms with Crippen LogP contribution in [0.5, 0.6) is 0 Å². The number of nitrogens with zero attached hydrogens (tertiary/aromatic N) is 1. The van der Waals surface area contributed by atoms with E-state index in [1.54, 1.807) is 12.1 Å². The van der Waals surface area contributed by atoms with Crippen molar-refractivity contribution >= 4 is 21.0 Å². The third kappa shape index (κ3) is 3.65. The highest BCUT2D eigenvalue weighted by atomic mass is 32.2. The number of alkyl halides is 3. The third-order valence-electron chi connectivity index (χ3n) is 4.34. The van der Waals surface area contributed by atoms with Gasteiger partial charge in [0.1, 0.15) is 5.56 Å². The van der Waals surface area contributed by atoms with Gasteiger partial charge in [-0.2, -0.15) is 17.6 Å². The van der Waals surface area contributed by atoms with Crippen LogP contribution in [-0.2, 0) is 16.0 Å². The van der Waals surface area contributed by atoms with Gasteiger partial charge in [0.25, 0.3) is 0 Å². The van der Waals surface area contributed by atoms with E-state index in [9.17, 15) is 26.0 Å². The largest absolute Gasteiger partial charge is 0.420 e. The van der Waals surface area contributed by atoms with Crippen LogP contribution in [0.2, 0.25) is 0 Å². The van der Waals surface area contributed by atoms with E-state index in [1.807, 2.05) is 0 Å². The predicted octanol–water partition coefficient (Wildman–Crippen LogP) is 4.74. The molecule has 1 heterocycles. The van der Waals surface area contributed by atoms with Gasteiger partial charge in [-0.3, -0.25) is 0 Å². The fourth-order valence-corrected chi connectivity index (χ4v) is 3.73. The lowest BCUT2D eigenvalue weighted by molar-refractivity contribution is -0.140. The first kappa shape index (κ1) is 18.6. The Morgan fingerprint density at radius 3 is 2.12 bits per heavy atom. The summed E-state index contributed by atoms with van der Waals surface area (Å²) in [5, 5.41) is 0. The quantitative estimate of drug-likeness (QED) is 0.567. The Hall–Kier alpha value is -2.22. The van der Waals surface area contributed by atoms with Gasteiger partial charge in [0.05, 0.1) is 4.90 Å². The molecule has 1 aromatic heterocycles. The lowest BCUT2D eigenvalue weighted by atomic mass is 9.97. The monoisotopic (exact) mass is 385 g/mol. The number of hydrogen-bond acceptors (Lipinski definition) is 3. The highest BCUT2D eigenvalue weighted by Crippen LogP contribution is 2.41. The Morgan fingerprint density at radius 2 is 1.58 bits per heavy atom. The average Bonchev–Trinajstić information content (AvgIpc) is 3.03. The number of rotatable bonds is 3. The SMILES string of the molecule is CS(=O)(=O)c1ccc(C2=C(c3cnc(F)c(C(F)(F)F)c3)CCC2)cc1. The summed E-state index contributed by atoms with van der Waals surface area (Å²) in [6, 6.07) is 7.00. The molecule has 0 atom stereocenters. The first-order valence-corrected chi connectivity index (χ1v) is 9.72. The van der Waals surface area contributed by atoms with Crippen molar-refractivity contribution in [2.45, 2.75) is 30.3 Å². The highest BCUT2D eigenvalue weighted by molar-refractivity contribution is 7.90. The van der Waals surface area contributed by atoms with Crippen molar-refractivity contribution in [3.05, 3.63) is 59.2 Å². The molecule has 138 valence electrons. The summed E-state index contributed by atoms with van der Waals surface area (Å²) >= 11 is 0. The van der Waals surface area contributed by atoms with Crippen LogP contribution in [0.3, 0.4) is 0 Å². The van der Waals surface area contributed by atoms with Crippen molar-refractivity contribution in [3.8, 4) is 0 Å². The van der Waals surface area contributed by atoms with Crippen LogP contribution in [0.1, 0.15) is 36.0 Å². The number of pyridine rings is 1. The Labute approximate surface area is 148 Å². The smallest absolute Gasteiger partial charge is 0.227 e. The zero-order valence-electron chi connectivity index (χ0n) is 13.8. The summed E-state index contributed by atoms with van der Waals surface area (Å²) in [6.45, 7) is 0. The number of sulfone groups is 1. The van der Waals surface area contributed by atoms with Crippen LogP contribution in [0.15, 0.2) is 41.4 Å². The molecular formula is C18H15F4NO2S. The van der Waals surface area contributed by atoms with Gasteiger partial charge in [0, 0.05) is 12.5 Å². The molecule has 3 nitrogen and oxygen atoms in total. The fraction of sp³-hybridized carbons (Fsp3) is 0.278. The first-order chi connectivity index (χ1) is 12.1. The van der Waals surface area contributed by atoms with E-state index in [-0.39, 0.29) is 10.5 Å². The molecule has 1 aliphatic rings. The molecule has 0 saturated heterocycles. The standard InChI is InChI=1S/C18H15F4NO2S/c1-26(24,25)13-7-5-11(6-8-13)14-3-2-4-15(14)12-9-16(18(20,21)22)17(19)23-10-12/h5-10H,2-4H2,1H3. The number of benzene rings is 1. The van der Waals surface area contributed by atoms with Gasteiger partial charge in [-0.05, 0) is 59.7 Å². The fourth-order valence-electron chi connectivity index (χ4n) is 3.10. The van der Waals surface area contributed by atoms with Crippen LogP contribution < -0.4 is 0 Å². The molecular weight excluding hydrogens is 370 g/mol. The van der Waals surface area contributed by atoms with E-state index >= 15 is 0 Å². The Morgan fingerprint density at radius 1 is 1.00 bits per heavy atom. The van der Waals surface area contributed by atoms with Crippen molar-refractivity contribution in [2.75, 3.05) is 6.26 Å². The van der Waals surface area contributed by atoms with Crippen LogP contribution in [0.25, 0.3) is 11.1 Å². The predicted molar refractivity (Wildman–Crippen MR) is 89.4 cm³/mol. The molecule has 0 fully saturated rings. The molecule has 0 spiro atoms. The minimum absolute atomic E-state index is 0.171. The zero-order valence-corrected chi connectivity index (χ0v) is 14.6. The van der Waals surface area contributed by atoms with Gasteiger partial charge < -0.3 is 0 Å². The van der Waals surface area contributed by atoms with Crippen molar-refractivity contribution < 1.29 is 26.0 Å². The van der Waals surface area contributed by atoms with Gasteiger partial charge in [0.15, 0.2) is 9.84 Å². The third-order valence-corrected chi connectivity index (χ3v) is 5.47. The number of halogens is 4. The molecule has 8 heteroatoms. The van der Waals surface area contributed by atoms with E-state index in [2.05, 4.69) is 4.98 Å². The van der Waals surface area contributed by atoms with Crippen molar-refractivity contribution in [3.63, 3.8) is 0 Å². The average molecular weight is 385 g/mol. The van der Waals surface area contributed by atoms with Crippen LogP contribution in [0, 0.1) is 5.95 Å². The zero-order chi connectivity index (χ0) is 19.1. The maximum Gasteiger partial charge on any atom is 0.420 e. The second kappa shape index (κ2) is 6.50.